The number of anilines is 1. The highest BCUT2D eigenvalue weighted by molar-refractivity contribution is 5.92. The Balaban J connectivity index is 1.95. The molecule has 150 valence electrons. The minimum atomic E-state index is -0.448. The maximum Gasteiger partial charge on any atom is 0.265 e. The number of aromatic nitrogens is 4. The number of nitrogens with one attached hydrogen (secondary N) is 1. The predicted octanol–water partition coefficient (Wildman–Crippen LogP) is 3.21. The molecule has 1 aromatic carbocycles. The monoisotopic (exact) mass is 391 g/mol. The predicted molar refractivity (Wildman–Crippen MR) is 114 cm³/mol. The largest absolute Gasteiger partial charge is 0.389 e. The zero-order valence-corrected chi connectivity index (χ0v) is 16.8. The highest BCUT2D eigenvalue weighted by atomic mass is 16.6. The Bertz CT molecular complexity index is 993. The Kier molecular flexibility index (Phi) is 5.74. The molecule has 8 heteroatoms. The van der Waals surface area contributed by atoms with E-state index in [0.29, 0.717) is 11.4 Å². The van der Waals surface area contributed by atoms with Crippen LogP contribution >= 0.6 is 0 Å². The number of nitrogen functional groups attached to an aromatic ring is 1. The molecule has 3 aromatic rings. The molecule has 0 amide bonds. The fraction of sp³-hybridized carbons (Fsp3) is 0.238. The zero-order valence-electron chi connectivity index (χ0n) is 16.8. The minimum absolute atomic E-state index is 0.207. The van der Waals surface area contributed by atoms with E-state index in [4.69, 9.17) is 16.5 Å². The van der Waals surface area contributed by atoms with Gasteiger partial charge < -0.3 is 15.6 Å². The van der Waals surface area contributed by atoms with E-state index in [2.05, 4.69) is 64.4 Å². The van der Waals surface area contributed by atoms with Crippen LogP contribution in [0.2, 0.25) is 0 Å². The second kappa shape index (κ2) is 8.24. The second-order valence-electron chi connectivity index (χ2n) is 7.20. The lowest BCUT2D eigenvalue weighted by Crippen LogP contribution is -2.31. The molecule has 3 rings (SSSR count). The van der Waals surface area contributed by atoms with Crippen molar-refractivity contribution in [1.29, 1.82) is 0 Å². The van der Waals surface area contributed by atoms with Gasteiger partial charge in [-0.25, -0.2) is 19.9 Å². The van der Waals surface area contributed by atoms with Crippen LogP contribution in [0.5, 0.6) is 0 Å². The Labute approximate surface area is 169 Å². The summed E-state index contributed by atoms with van der Waals surface area (Å²) in [6, 6.07) is 8.17. The second-order valence-corrected chi connectivity index (χ2v) is 7.20. The summed E-state index contributed by atoms with van der Waals surface area (Å²) < 4.78 is 0. The van der Waals surface area contributed by atoms with E-state index in [1.165, 1.54) is 6.33 Å². The van der Waals surface area contributed by atoms with Crippen molar-refractivity contribution in [2.45, 2.75) is 26.2 Å². The first kappa shape index (κ1) is 20.2. The third kappa shape index (κ3) is 4.02. The van der Waals surface area contributed by atoms with Crippen molar-refractivity contribution in [3.8, 4) is 11.1 Å². The molecule has 1 unspecified atom stereocenters. The Morgan fingerprint density at radius 3 is 2.31 bits per heavy atom. The van der Waals surface area contributed by atoms with Crippen LogP contribution in [0.15, 0.2) is 66.5 Å². The summed E-state index contributed by atoms with van der Waals surface area (Å²) in [5.74, 6) is 6.09. The molecule has 5 N–H and O–H groups in total. The van der Waals surface area contributed by atoms with Crippen LogP contribution in [-0.4, -0.2) is 25.8 Å². The quantitative estimate of drug-likeness (QED) is 0.336. The molecule has 0 bridgehead atoms. The van der Waals surface area contributed by atoms with Crippen LogP contribution in [0.3, 0.4) is 0 Å². The maximum absolute atomic E-state index is 5.57. The third-order valence-electron chi connectivity index (χ3n) is 5.31. The van der Waals surface area contributed by atoms with Gasteiger partial charge in [0.2, 0.25) is 5.95 Å². The summed E-state index contributed by atoms with van der Waals surface area (Å²) in [4.78, 5) is 24.6. The molecule has 0 aliphatic rings. The van der Waals surface area contributed by atoms with Crippen LogP contribution in [0.25, 0.3) is 11.1 Å². The summed E-state index contributed by atoms with van der Waals surface area (Å²) in [7, 11) is 0. The van der Waals surface area contributed by atoms with E-state index in [9.17, 15) is 0 Å². The molecule has 0 aliphatic heterocycles. The lowest BCUT2D eigenvalue weighted by atomic mass is 9.71. The molecule has 1 atom stereocenters. The summed E-state index contributed by atoms with van der Waals surface area (Å²) in [5, 5.41) is 0. The fourth-order valence-corrected chi connectivity index (χ4v) is 3.09. The van der Waals surface area contributed by atoms with E-state index < -0.39 is 5.41 Å². The maximum atomic E-state index is 5.57. The van der Waals surface area contributed by atoms with Crippen molar-refractivity contribution < 1.29 is 4.84 Å². The van der Waals surface area contributed by atoms with Crippen molar-refractivity contribution in [3.63, 3.8) is 0 Å². The van der Waals surface area contributed by atoms with Gasteiger partial charge in [-0.3, -0.25) is 0 Å². The van der Waals surface area contributed by atoms with E-state index in [0.717, 1.165) is 16.7 Å². The highest BCUT2D eigenvalue weighted by Crippen LogP contribution is 2.39. The number of hydrogen-bond acceptors (Lipinski definition) is 7. The zero-order chi connectivity index (χ0) is 21.0. The van der Waals surface area contributed by atoms with Gasteiger partial charge in [0.25, 0.3) is 5.90 Å². The number of aliphatic imine (C=N–C) groups is 1. The van der Waals surface area contributed by atoms with Crippen LogP contribution in [0.4, 0.5) is 5.95 Å². The average Bonchev–Trinajstić information content (AvgIpc) is 3.26. The first-order valence-corrected chi connectivity index (χ1v) is 9.18. The van der Waals surface area contributed by atoms with E-state index in [-0.39, 0.29) is 17.8 Å². The average molecular weight is 391 g/mol. The number of hydrogen-bond donors (Lipinski definition) is 3. The standard InChI is InChI=1S/C21H25N7O/c1-13(2)21(4,14(3)28-19(29-23)18-11-24-12-27-18)17-7-5-15(6-8-17)16-9-25-20(22)26-10-16/h5-13H,3,23H2,1-2,4H3,(H,24,27)(H2,22,25,26)/b28-19-. The van der Waals surface area contributed by atoms with E-state index in [1.54, 1.807) is 18.6 Å². The van der Waals surface area contributed by atoms with Crippen LogP contribution < -0.4 is 11.6 Å². The van der Waals surface area contributed by atoms with Gasteiger partial charge in [-0.15, -0.1) is 0 Å². The molecule has 0 saturated carbocycles. The Morgan fingerprint density at radius 1 is 1.14 bits per heavy atom. The fourth-order valence-electron chi connectivity index (χ4n) is 3.09. The molecule has 0 spiro atoms. The molecular formula is C21H25N7O. The summed E-state index contributed by atoms with van der Waals surface area (Å²) >= 11 is 0. The number of aromatic amines is 1. The van der Waals surface area contributed by atoms with Crippen LogP contribution in [0, 0.1) is 5.92 Å². The van der Waals surface area contributed by atoms with Gasteiger partial charge in [-0.1, -0.05) is 44.7 Å². The summed E-state index contributed by atoms with van der Waals surface area (Å²) in [6.45, 7) is 10.6. The van der Waals surface area contributed by atoms with Crippen molar-refractivity contribution in [1.82, 2.24) is 19.9 Å². The molecule has 2 heterocycles. The van der Waals surface area contributed by atoms with Crippen molar-refractivity contribution in [2.75, 3.05) is 5.73 Å². The number of imidazole rings is 1. The van der Waals surface area contributed by atoms with Crippen LogP contribution in [0.1, 0.15) is 32.0 Å². The smallest absolute Gasteiger partial charge is 0.265 e. The molecule has 0 aliphatic carbocycles. The Hall–Kier alpha value is -3.52. The van der Waals surface area contributed by atoms with Gasteiger partial charge >= 0.3 is 0 Å². The first-order chi connectivity index (χ1) is 13.9. The SMILES string of the molecule is C=C(/N=C(\ON)c1c[nH]cn1)C(C)(c1ccc(-c2cnc(N)nc2)cc1)C(C)C. The summed E-state index contributed by atoms with van der Waals surface area (Å²) in [5.41, 5.74) is 9.22. The molecular weight excluding hydrogens is 366 g/mol. The van der Waals surface area contributed by atoms with Gasteiger partial charge in [0.15, 0.2) is 0 Å². The van der Waals surface area contributed by atoms with Crippen molar-refractivity contribution in [2.24, 2.45) is 16.8 Å². The molecule has 0 fully saturated rings. The number of allylic oxidation sites excluding steroid dienone is 1. The van der Waals surface area contributed by atoms with Gasteiger partial charge in [-0.2, -0.15) is 5.90 Å². The van der Waals surface area contributed by atoms with Crippen molar-refractivity contribution >= 4 is 11.8 Å². The molecule has 0 saturated heterocycles. The summed E-state index contributed by atoms with van der Waals surface area (Å²) in [6.07, 6.45) is 6.61. The number of nitrogens with zero attached hydrogens (tertiary/aromatic N) is 4. The van der Waals surface area contributed by atoms with E-state index in [1.807, 2.05) is 12.1 Å². The molecule has 29 heavy (non-hydrogen) atoms. The van der Waals surface area contributed by atoms with Gasteiger partial charge in [0.05, 0.1) is 6.33 Å². The number of benzene rings is 1. The Morgan fingerprint density at radius 2 is 1.79 bits per heavy atom. The van der Waals surface area contributed by atoms with Gasteiger partial charge in [0, 0.05) is 35.3 Å². The number of H-pyrrole nitrogens is 1. The van der Waals surface area contributed by atoms with Gasteiger partial charge in [-0.05, 0) is 24.0 Å². The normalized spacial score (nSPS) is 13.9. The van der Waals surface area contributed by atoms with Crippen LogP contribution in [-0.2, 0) is 10.3 Å². The minimum Gasteiger partial charge on any atom is -0.389 e. The topological polar surface area (TPSA) is 128 Å². The lowest BCUT2D eigenvalue weighted by molar-refractivity contribution is 0.317. The third-order valence-corrected chi connectivity index (χ3v) is 5.31. The first-order valence-electron chi connectivity index (χ1n) is 9.18. The van der Waals surface area contributed by atoms with E-state index >= 15 is 0 Å². The molecule has 8 nitrogen and oxygen atoms in total. The van der Waals surface area contributed by atoms with Gasteiger partial charge in [0.1, 0.15) is 5.69 Å². The highest BCUT2D eigenvalue weighted by Gasteiger charge is 2.34. The molecule has 0 radical (unpaired) electrons. The molecule has 2 aromatic heterocycles. The number of rotatable bonds is 6. The lowest BCUT2D eigenvalue weighted by Gasteiger charge is -2.34. The number of nitrogens with two attached hydrogens (primary N) is 2. The van der Waals surface area contributed by atoms with Crippen molar-refractivity contribution in [3.05, 3.63) is 72.7 Å².